The first-order chi connectivity index (χ1) is 5.27. The van der Waals surface area contributed by atoms with E-state index in [0.29, 0.717) is 12.0 Å². The maximum absolute atomic E-state index is 10.2. The fourth-order valence-corrected chi connectivity index (χ4v) is 0.635. The van der Waals surface area contributed by atoms with Crippen LogP contribution in [0, 0.1) is 0 Å². The minimum Gasteiger partial charge on any atom is -0.296 e. The summed E-state index contributed by atoms with van der Waals surface area (Å²) in [6.07, 6.45) is 4.15. The lowest BCUT2D eigenvalue weighted by Gasteiger charge is -1.94. The van der Waals surface area contributed by atoms with E-state index in [0.717, 1.165) is 5.70 Å². The van der Waals surface area contributed by atoms with Crippen LogP contribution < -0.4 is 0 Å². The summed E-state index contributed by atoms with van der Waals surface area (Å²) in [5.41, 5.74) is 1.30. The van der Waals surface area contributed by atoms with Crippen LogP contribution in [0.25, 0.3) is 5.70 Å². The minimum absolute atomic E-state index is 0.353. The van der Waals surface area contributed by atoms with Crippen molar-refractivity contribution in [1.29, 1.82) is 0 Å². The summed E-state index contributed by atoms with van der Waals surface area (Å²) in [5, 5.41) is 7.33. The Bertz CT molecular complexity index is 288. The highest BCUT2D eigenvalue weighted by Crippen LogP contribution is 1.99. The Kier molecular flexibility index (Phi) is 2.15. The molecule has 0 aliphatic heterocycles. The molecule has 0 aliphatic carbocycles. The summed E-state index contributed by atoms with van der Waals surface area (Å²) in [5.74, 6) is 0. The van der Waals surface area contributed by atoms with E-state index < -0.39 is 0 Å². The predicted molar refractivity (Wildman–Crippen MR) is 41.0 cm³/mol. The van der Waals surface area contributed by atoms with E-state index >= 15 is 0 Å². The van der Waals surface area contributed by atoms with Crippen molar-refractivity contribution in [2.45, 2.75) is 13.8 Å². The van der Waals surface area contributed by atoms with Crippen molar-refractivity contribution in [3.8, 4) is 0 Å². The van der Waals surface area contributed by atoms with Crippen molar-refractivity contribution >= 4 is 12.0 Å². The van der Waals surface area contributed by atoms with Crippen LogP contribution >= 0.6 is 0 Å². The van der Waals surface area contributed by atoms with E-state index in [9.17, 15) is 4.79 Å². The predicted octanol–water partition coefficient (Wildman–Crippen LogP) is 0.971. The summed E-state index contributed by atoms with van der Waals surface area (Å²) < 4.78 is 1.56. The third-order valence-electron chi connectivity index (χ3n) is 1.41. The summed E-state index contributed by atoms with van der Waals surface area (Å²) in [6.45, 7) is 3.79. The molecule has 58 valence electrons. The normalized spacial score (nSPS) is 11.6. The van der Waals surface area contributed by atoms with Crippen LogP contribution in [0.4, 0.5) is 0 Å². The van der Waals surface area contributed by atoms with Gasteiger partial charge in [0.15, 0.2) is 6.29 Å². The van der Waals surface area contributed by atoms with Crippen LogP contribution in [-0.4, -0.2) is 21.3 Å². The molecule has 0 fully saturated rings. The van der Waals surface area contributed by atoms with Gasteiger partial charge in [0.1, 0.15) is 5.69 Å². The Morgan fingerprint density at radius 1 is 1.73 bits per heavy atom. The number of aldehydes is 1. The lowest BCUT2D eigenvalue weighted by molar-refractivity contribution is 0.111. The molecule has 0 aromatic carbocycles. The SMILES string of the molecule is C/C=C(\C)n1cc(C=O)nn1. The van der Waals surface area contributed by atoms with E-state index in [1.165, 1.54) is 0 Å². The monoisotopic (exact) mass is 151 g/mol. The zero-order valence-electron chi connectivity index (χ0n) is 6.48. The van der Waals surface area contributed by atoms with Gasteiger partial charge in [0, 0.05) is 5.70 Å². The second-order valence-electron chi connectivity index (χ2n) is 2.14. The second-order valence-corrected chi connectivity index (χ2v) is 2.14. The van der Waals surface area contributed by atoms with Crippen LogP contribution in [0.5, 0.6) is 0 Å². The lowest BCUT2D eigenvalue weighted by Crippen LogP contribution is -1.92. The molecule has 1 aromatic heterocycles. The molecular weight excluding hydrogens is 142 g/mol. The molecule has 0 saturated heterocycles. The van der Waals surface area contributed by atoms with Crippen LogP contribution in [0.3, 0.4) is 0 Å². The van der Waals surface area contributed by atoms with Gasteiger partial charge in [-0.3, -0.25) is 4.79 Å². The summed E-state index contributed by atoms with van der Waals surface area (Å²) >= 11 is 0. The number of rotatable bonds is 2. The van der Waals surface area contributed by atoms with Gasteiger partial charge in [0.25, 0.3) is 0 Å². The summed E-state index contributed by atoms with van der Waals surface area (Å²) in [4.78, 5) is 10.2. The quantitative estimate of drug-likeness (QED) is 0.592. The third-order valence-corrected chi connectivity index (χ3v) is 1.41. The molecule has 0 atom stereocenters. The molecule has 0 radical (unpaired) electrons. The Hall–Kier alpha value is -1.45. The van der Waals surface area contributed by atoms with E-state index in [1.807, 2.05) is 19.9 Å². The smallest absolute Gasteiger partial charge is 0.171 e. The van der Waals surface area contributed by atoms with Crippen LogP contribution in [0.2, 0.25) is 0 Å². The maximum atomic E-state index is 10.2. The number of nitrogens with zero attached hydrogens (tertiary/aromatic N) is 3. The molecule has 4 heteroatoms. The molecule has 1 aromatic rings. The number of hydrogen-bond donors (Lipinski definition) is 0. The van der Waals surface area contributed by atoms with E-state index in [2.05, 4.69) is 10.3 Å². The number of carbonyl (C=O) groups excluding carboxylic acids is 1. The third kappa shape index (κ3) is 1.52. The van der Waals surface area contributed by atoms with Crippen molar-refractivity contribution in [1.82, 2.24) is 15.0 Å². The molecule has 0 spiro atoms. The van der Waals surface area contributed by atoms with Crippen molar-refractivity contribution < 1.29 is 4.79 Å². The molecule has 0 amide bonds. The number of hydrogen-bond acceptors (Lipinski definition) is 3. The molecule has 1 rings (SSSR count). The number of carbonyl (C=O) groups is 1. The Balaban J connectivity index is 2.97. The van der Waals surface area contributed by atoms with Crippen molar-refractivity contribution in [2.24, 2.45) is 0 Å². The first-order valence-electron chi connectivity index (χ1n) is 3.28. The topological polar surface area (TPSA) is 47.8 Å². The second kappa shape index (κ2) is 3.09. The molecule has 0 unspecified atom stereocenters. The van der Waals surface area contributed by atoms with Gasteiger partial charge in [-0.2, -0.15) is 0 Å². The molecule has 0 bridgehead atoms. The molecule has 0 N–H and O–H groups in total. The van der Waals surface area contributed by atoms with Crippen LogP contribution in [0.15, 0.2) is 12.3 Å². The van der Waals surface area contributed by atoms with Gasteiger partial charge in [-0.15, -0.1) is 5.10 Å². The van der Waals surface area contributed by atoms with Gasteiger partial charge < -0.3 is 0 Å². The Labute approximate surface area is 64.5 Å². The van der Waals surface area contributed by atoms with E-state index in [-0.39, 0.29) is 0 Å². The van der Waals surface area contributed by atoms with Gasteiger partial charge in [-0.1, -0.05) is 11.3 Å². The van der Waals surface area contributed by atoms with Crippen molar-refractivity contribution in [3.63, 3.8) is 0 Å². The number of allylic oxidation sites excluding steroid dienone is 2. The molecule has 11 heavy (non-hydrogen) atoms. The summed E-state index contributed by atoms with van der Waals surface area (Å²) in [6, 6.07) is 0. The molecule has 0 saturated carbocycles. The molecule has 0 aliphatic rings. The van der Waals surface area contributed by atoms with E-state index in [1.54, 1.807) is 10.9 Å². The van der Waals surface area contributed by atoms with Crippen molar-refractivity contribution in [2.75, 3.05) is 0 Å². The lowest BCUT2D eigenvalue weighted by atomic mass is 10.4. The zero-order chi connectivity index (χ0) is 8.27. The van der Waals surface area contributed by atoms with Crippen molar-refractivity contribution in [3.05, 3.63) is 18.0 Å². The minimum atomic E-state index is 0.353. The Morgan fingerprint density at radius 2 is 2.45 bits per heavy atom. The summed E-state index contributed by atoms with van der Waals surface area (Å²) in [7, 11) is 0. The van der Waals surface area contributed by atoms with Crippen LogP contribution in [0.1, 0.15) is 24.3 Å². The zero-order valence-corrected chi connectivity index (χ0v) is 6.48. The van der Waals surface area contributed by atoms with Gasteiger partial charge >= 0.3 is 0 Å². The number of aromatic nitrogens is 3. The maximum Gasteiger partial charge on any atom is 0.171 e. The molecule has 4 nitrogen and oxygen atoms in total. The average Bonchev–Trinajstić information content (AvgIpc) is 2.50. The highest BCUT2D eigenvalue weighted by Gasteiger charge is 1.97. The fourth-order valence-electron chi connectivity index (χ4n) is 0.635. The fraction of sp³-hybridized carbons (Fsp3) is 0.286. The van der Waals surface area contributed by atoms with Crippen LogP contribution in [-0.2, 0) is 0 Å². The van der Waals surface area contributed by atoms with Gasteiger partial charge in [-0.25, -0.2) is 4.68 Å². The molecule has 1 heterocycles. The van der Waals surface area contributed by atoms with Gasteiger partial charge in [-0.05, 0) is 13.8 Å². The highest BCUT2D eigenvalue weighted by molar-refractivity contribution is 5.71. The largest absolute Gasteiger partial charge is 0.296 e. The van der Waals surface area contributed by atoms with Gasteiger partial charge in [0.05, 0.1) is 6.20 Å². The average molecular weight is 151 g/mol. The molecular formula is C7H9N3O. The highest BCUT2D eigenvalue weighted by atomic mass is 16.1. The first-order valence-corrected chi connectivity index (χ1v) is 3.28. The Morgan fingerprint density at radius 3 is 2.91 bits per heavy atom. The van der Waals surface area contributed by atoms with E-state index in [4.69, 9.17) is 0 Å². The standard InChI is InChI=1S/C7H9N3O/c1-3-6(2)10-4-7(5-11)8-9-10/h3-5H,1-2H3/b6-3+. The van der Waals surface area contributed by atoms with Gasteiger partial charge in [0.2, 0.25) is 0 Å². The first kappa shape index (κ1) is 7.65.